The molecular formula is C12H16BrNO3. The number of amides is 1. The summed E-state index contributed by atoms with van der Waals surface area (Å²) in [6.07, 6.45) is -0.510. The van der Waals surface area contributed by atoms with Crippen LogP contribution in [0.3, 0.4) is 0 Å². The van der Waals surface area contributed by atoms with Crippen molar-refractivity contribution in [1.82, 2.24) is 0 Å². The zero-order valence-electron chi connectivity index (χ0n) is 10.1. The minimum absolute atomic E-state index is 0.191. The number of rotatable bonds is 2. The molecule has 0 unspecified atom stereocenters. The highest BCUT2D eigenvalue weighted by Crippen LogP contribution is 2.23. The van der Waals surface area contributed by atoms with Gasteiger partial charge in [-0.05, 0) is 39.0 Å². The summed E-state index contributed by atoms with van der Waals surface area (Å²) in [5.74, 6) is 0.191. The molecule has 4 nitrogen and oxygen atoms in total. The Bertz CT molecular complexity index is 413. The summed E-state index contributed by atoms with van der Waals surface area (Å²) in [6, 6.07) is 4.84. The Kier molecular flexibility index (Phi) is 4.40. The van der Waals surface area contributed by atoms with Gasteiger partial charge < -0.3 is 9.84 Å². The maximum absolute atomic E-state index is 11.5. The average Bonchev–Trinajstić information content (AvgIpc) is 2.18. The summed E-state index contributed by atoms with van der Waals surface area (Å²) in [5, 5.41) is 12.6. The second-order valence-corrected chi connectivity index (χ2v) is 5.16. The molecule has 0 bridgehead atoms. The van der Waals surface area contributed by atoms with Gasteiger partial charge in [0.1, 0.15) is 11.4 Å². The Morgan fingerprint density at radius 2 is 2.12 bits per heavy atom. The molecule has 0 aliphatic rings. The molecule has 0 atom stereocenters. The topological polar surface area (TPSA) is 58.6 Å². The summed E-state index contributed by atoms with van der Waals surface area (Å²) in [5.41, 5.74) is 0.768. The molecule has 5 heteroatoms. The van der Waals surface area contributed by atoms with Gasteiger partial charge in [-0.25, -0.2) is 4.79 Å². The third kappa shape index (κ3) is 4.65. The van der Waals surface area contributed by atoms with Crippen LogP contribution in [0.15, 0.2) is 18.2 Å². The van der Waals surface area contributed by atoms with Gasteiger partial charge in [0, 0.05) is 16.6 Å². The molecule has 1 aromatic rings. The van der Waals surface area contributed by atoms with E-state index >= 15 is 0 Å². The molecule has 94 valence electrons. The molecule has 0 aromatic heterocycles. The number of anilines is 1. The molecule has 0 heterocycles. The molecule has 0 fully saturated rings. The lowest BCUT2D eigenvalue weighted by atomic mass is 10.2. The van der Waals surface area contributed by atoms with Crippen molar-refractivity contribution in [2.24, 2.45) is 0 Å². The third-order valence-corrected chi connectivity index (χ3v) is 2.47. The van der Waals surface area contributed by atoms with Gasteiger partial charge in [-0.2, -0.15) is 0 Å². The first-order valence-corrected chi connectivity index (χ1v) is 6.32. The number of hydrogen-bond acceptors (Lipinski definition) is 3. The Labute approximate surface area is 109 Å². The molecule has 0 saturated carbocycles. The number of benzene rings is 1. The SMILES string of the molecule is CC(C)(C)OC(=O)Nc1ccc(O)c(CBr)c1. The van der Waals surface area contributed by atoms with E-state index in [0.717, 1.165) is 0 Å². The molecule has 0 radical (unpaired) electrons. The molecule has 1 amide bonds. The van der Waals surface area contributed by atoms with E-state index in [1.54, 1.807) is 32.9 Å². The van der Waals surface area contributed by atoms with Gasteiger partial charge in [0.2, 0.25) is 0 Å². The summed E-state index contributed by atoms with van der Waals surface area (Å²) in [4.78, 5) is 11.5. The van der Waals surface area contributed by atoms with Crippen LogP contribution in [0.1, 0.15) is 26.3 Å². The van der Waals surface area contributed by atoms with E-state index < -0.39 is 11.7 Å². The first-order valence-electron chi connectivity index (χ1n) is 5.19. The predicted octanol–water partition coefficient (Wildman–Crippen LogP) is 3.63. The number of halogens is 1. The molecule has 0 spiro atoms. The number of ether oxygens (including phenoxy) is 1. The maximum Gasteiger partial charge on any atom is 0.412 e. The average molecular weight is 302 g/mol. The number of carbonyl (C=O) groups is 1. The van der Waals surface area contributed by atoms with Crippen molar-refractivity contribution in [3.63, 3.8) is 0 Å². The molecular weight excluding hydrogens is 286 g/mol. The van der Waals surface area contributed by atoms with E-state index in [9.17, 15) is 9.90 Å². The van der Waals surface area contributed by atoms with E-state index in [4.69, 9.17) is 4.74 Å². The summed E-state index contributed by atoms with van der Waals surface area (Å²) in [6.45, 7) is 5.40. The third-order valence-electron chi connectivity index (χ3n) is 1.87. The van der Waals surface area contributed by atoms with Crippen molar-refractivity contribution in [3.8, 4) is 5.75 Å². The zero-order valence-corrected chi connectivity index (χ0v) is 11.7. The highest BCUT2D eigenvalue weighted by Gasteiger charge is 2.16. The number of carbonyl (C=O) groups excluding carboxylic acids is 1. The maximum atomic E-state index is 11.5. The van der Waals surface area contributed by atoms with Crippen LogP contribution in [0.4, 0.5) is 10.5 Å². The normalized spacial score (nSPS) is 11.1. The van der Waals surface area contributed by atoms with Crippen LogP contribution in [-0.4, -0.2) is 16.8 Å². The molecule has 2 N–H and O–H groups in total. The van der Waals surface area contributed by atoms with E-state index in [1.807, 2.05) is 0 Å². The van der Waals surface area contributed by atoms with Gasteiger partial charge in [0.25, 0.3) is 0 Å². The standard InChI is InChI=1S/C12H16BrNO3/c1-12(2,3)17-11(16)14-9-4-5-10(15)8(6-9)7-13/h4-6,15H,7H2,1-3H3,(H,14,16). The molecule has 0 saturated heterocycles. The van der Waals surface area contributed by atoms with Crippen LogP contribution in [0.2, 0.25) is 0 Å². The monoisotopic (exact) mass is 301 g/mol. The second-order valence-electron chi connectivity index (χ2n) is 4.60. The van der Waals surface area contributed by atoms with Gasteiger partial charge >= 0.3 is 6.09 Å². The smallest absolute Gasteiger partial charge is 0.412 e. The molecule has 0 aliphatic heterocycles. The van der Waals surface area contributed by atoms with Crippen LogP contribution in [0.5, 0.6) is 5.75 Å². The van der Waals surface area contributed by atoms with Crippen molar-refractivity contribution >= 4 is 27.7 Å². The molecule has 1 aromatic carbocycles. The lowest BCUT2D eigenvalue weighted by molar-refractivity contribution is 0.0636. The van der Waals surface area contributed by atoms with E-state index in [-0.39, 0.29) is 5.75 Å². The Hall–Kier alpha value is -1.23. The summed E-state index contributed by atoms with van der Waals surface area (Å²) >= 11 is 3.25. The predicted molar refractivity (Wildman–Crippen MR) is 70.6 cm³/mol. The van der Waals surface area contributed by atoms with Gasteiger partial charge in [0.05, 0.1) is 0 Å². The van der Waals surface area contributed by atoms with Gasteiger partial charge in [-0.15, -0.1) is 0 Å². The van der Waals surface area contributed by atoms with Crippen LogP contribution in [0.25, 0.3) is 0 Å². The summed E-state index contributed by atoms with van der Waals surface area (Å²) in [7, 11) is 0. The lowest BCUT2D eigenvalue weighted by Gasteiger charge is -2.19. The number of aromatic hydroxyl groups is 1. The fraction of sp³-hybridized carbons (Fsp3) is 0.417. The molecule has 17 heavy (non-hydrogen) atoms. The van der Waals surface area contributed by atoms with Crippen molar-refractivity contribution in [2.75, 3.05) is 5.32 Å². The Morgan fingerprint density at radius 1 is 1.47 bits per heavy atom. The number of phenols is 1. The van der Waals surface area contributed by atoms with Crippen LogP contribution >= 0.6 is 15.9 Å². The van der Waals surface area contributed by atoms with Crippen molar-refractivity contribution in [2.45, 2.75) is 31.7 Å². The van der Waals surface area contributed by atoms with Crippen molar-refractivity contribution in [1.29, 1.82) is 0 Å². The first-order chi connectivity index (χ1) is 7.81. The highest BCUT2D eigenvalue weighted by molar-refractivity contribution is 9.08. The van der Waals surface area contributed by atoms with E-state index in [0.29, 0.717) is 16.6 Å². The van der Waals surface area contributed by atoms with Crippen LogP contribution in [-0.2, 0) is 10.1 Å². The number of phenolic OH excluding ortho intramolecular Hbond substituents is 1. The highest BCUT2D eigenvalue weighted by atomic mass is 79.9. The van der Waals surface area contributed by atoms with Gasteiger partial charge in [0.15, 0.2) is 0 Å². The first kappa shape index (κ1) is 13.8. The Morgan fingerprint density at radius 3 is 2.65 bits per heavy atom. The summed E-state index contributed by atoms with van der Waals surface area (Å²) < 4.78 is 5.12. The Balaban J connectivity index is 2.72. The van der Waals surface area contributed by atoms with Gasteiger partial charge in [-0.3, -0.25) is 5.32 Å². The lowest BCUT2D eigenvalue weighted by Crippen LogP contribution is -2.27. The fourth-order valence-electron chi connectivity index (χ4n) is 1.19. The number of hydrogen-bond donors (Lipinski definition) is 2. The van der Waals surface area contributed by atoms with Crippen molar-refractivity contribution in [3.05, 3.63) is 23.8 Å². The minimum Gasteiger partial charge on any atom is -0.508 e. The molecule has 0 aliphatic carbocycles. The van der Waals surface area contributed by atoms with Gasteiger partial charge in [-0.1, -0.05) is 15.9 Å². The van der Waals surface area contributed by atoms with Crippen LogP contribution in [0, 0.1) is 0 Å². The largest absolute Gasteiger partial charge is 0.508 e. The van der Waals surface area contributed by atoms with E-state index in [1.165, 1.54) is 6.07 Å². The number of alkyl halides is 1. The van der Waals surface area contributed by atoms with Crippen LogP contribution < -0.4 is 5.32 Å². The zero-order chi connectivity index (χ0) is 13.1. The van der Waals surface area contributed by atoms with E-state index in [2.05, 4.69) is 21.2 Å². The number of nitrogens with one attached hydrogen (secondary N) is 1. The fourth-order valence-corrected chi connectivity index (χ4v) is 1.64. The van der Waals surface area contributed by atoms with Crippen molar-refractivity contribution < 1.29 is 14.6 Å². The molecule has 1 rings (SSSR count). The quantitative estimate of drug-likeness (QED) is 0.648. The minimum atomic E-state index is -0.529. The second kappa shape index (κ2) is 5.40.